The Morgan fingerprint density at radius 2 is 1.82 bits per heavy atom. The van der Waals surface area contributed by atoms with Gasteiger partial charge in [0, 0.05) is 40.0 Å². The third-order valence-electron chi connectivity index (χ3n) is 4.71. The number of ether oxygens (including phenoxy) is 1. The molecule has 4 aromatic rings. The Kier molecular flexibility index (Phi) is 4.81. The second-order valence-electron chi connectivity index (χ2n) is 6.44. The fraction of sp³-hybridized carbons (Fsp3) is 0.0870. The van der Waals surface area contributed by atoms with Gasteiger partial charge < -0.3 is 15.0 Å². The van der Waals surface area contributed by atoms with E-state index in [-0.39, 0.29) is 5.78 Å². The van der Waals surface area contributed by atoms with Gasteiger partial charge in [0.15, 0.2) is 5.78 Å². The van der Waals surface area contributed by atoms with Crippen LogP contribution < -0.4 is 10.1 Å². The van der Waals surface area contributed by atoms with Gasteiger partial charge in [-0.1, -0.05) is 42.5 Å². The van der Waals surface area contributed by atoms with Crippen molar-refractivity contribution in [1.82, 2.24) is 4.98 Å². The number of aromatic nitrogens is 1. The number of para-hydroxylation sites is 1. The number of benzene rings is 3. The lowest BCUT2D eigenvalue weighted by Crippen LogP contribution is -2.22. The summed E-state index contributed by atoms with van der Waals surface area (Å²) in [5.74, 6) is -0.00159. The predicted octanol–water partition coefficient (Wildman–Crippen LogP) is 5.35. The van der Waals surface area contributed by atoms with E-state index in [4.69, 9.17) is 4.74 Å². The summed E-state index contributed by atoms with van der Waals surface area (Å²) in [4.78, 5) is 16.6. The number of Topliss-reactive ketones (excluding diaryl/α,β-unsaturated/α-hetero) is 1. The first-order valence-electron chi connectivity index (χ1n) is 8.92. The normalized spacial score (nSPS) is 11.9. The Hall–Kier alpha value is -3.60. The summed E-state index contributed by atoms with van der Waals surface area (Å²) in [6.07, 6.45) is 1.67. The summed E-state index contributed by atoms with van der Waals surface area (Å²) in [6.45, 7) is 0. The maximum absolute atomic E-state index is 14.6. The first kappa shape index (κ1) is 17.8. The monoisotopic (exact) mass is 374 g/mol. The van der Waals surface area contributed by atoms with E-state index >= 15 is 0 Å². The van der Waals surface area contributed by atoms with Gasteiger partial charge in [-0.3, -0.25) is 4.79 Å². The highest BCUT2D eigenvalue weighted by molar-refractivity contribution is 6.11. The van der Waals surface area contributed by atoms with Crippen LogP contribution in [0.2, 0.25) is 0 Å². The van der Waals surface area contributed by atoms with Crippen LogP contribution in [0.5, 0.6) is 5.75 Å². The molecule has 0 spiro atoms. The smallest absolute Gasteiger partial charge is 0.191 e. The number of H-pyrrole nitrogens is 1. The van der Waals surface area contributed by atoms with E-state index in [1.165, 1.54) is 6.07 Å². The van der Waals surface area contributed by atoms with Crippen molar-refractivity contribution < 1.29 is 13.9 Å². The summed E-state index contributed by atoms with van der Waals surface area (Å²) < 4.78 is 19.8. The zero-order valence-electron chi connectivity index (χ0n) is 15.3. The van der Waals surface area contributed by atoms with Crippen LogP contribution >= 0.6 is 0 Å². The number of fused-ring (bicyclic) bond motifs is 1. The molecule has 1 unspecified atom stereocenters. The summed E-state index contributed by atoms with van der Waals surface area (Å²) in [5, 5.41) is 3.99. The Bertz CT molecular complexity index is 1140. The highest BCUT2D eigenvalue weighted by atomic mass is 19.1. The van der Waals surface area contributed by atoms with E-state index < -0.39 is 11.9 Å². The first-order chi connectivity index (χ1) is 13.7. The van der Waals surface area contributed by atoms with Gasteiger partial charge in [0.2, 0.25) is 0 Å². The minimum Gasteiger partial charge on any atom is -0.497 e. The molecule has 0 radical (unpaired) electrons. The van der Waals surface area contributed by atoms with Crippen LogP contribution in [0, 0.1) is 5.82 Å². The molecule has 0 aliphatic carbocycles. The van der Waals surface area contributed by atoms with Crippen LogP contribution in [0.1, 0.15) is 22.0 Å². The molecule has 1 aromatic heterocycles. The summed E-state index contributed by atoms with van der Waals surface area (Å²) in [6, 6.07) is 20.2. The van der Waals surface area contributed by atoms with Gasteiger partial charge in [-0.05, 0) is 24.3 Å². The van der Waals surface area contributed by atoms with Crippen molar-refractivity contribution in [1.29, 1.82) is 0 Å². The lowest BCUT2D eigenvalue weighted by molar-refractivity contribution is 0.0969. The lowest BCUT2D eigenvalue weighted by Gasteiger charge is -2.20. The molecule has 0 saturated carbocycles. The summed E-state index contributed by atoms with van der Waals surface area (Å²) in [5.41, 5.74) is 2.33. The molecule has 0 aliphatic heterocycles. The molecule has 0 amide bonds. The number of ketones is 1. The van der Waals surface area contributed by atoms with Gasteiger partial charge in [-0.25, -0.2) is 4.39 Å². The van der Waals surface area contributed by atoms with Crippen LogP contribution in [0.15, 0.2) is 79.0 Å². The zero-order valence-corrected chi connectivity index (χ0v) is 15.3. The van der Waals surface area contributed by atoms with Gasteiger partial charge in [0.1, 0.15) is 17.6 Å². The molecule has 1 heterocycles. The highest BCUT2D eigenvalue weighted by Gasteiger charge is 2.26. The van der Waals surface area contributed by atoms with E-state index in [0.29, 0.717) is 22.6 Å². The first-order valence-corrected chi connectivity index (χ1v) is 8.92. The van der Waals surface area contributed by atoms with E-state index in [1.807, 2.05) is 42.5 Å². The molecule has 0 saturated heterocycles. The van der Waals surface area contributed by atoms with E-state index in [0.717, 1.165) is 10.9 Å². The van der Waals surface area contributed by atoms with Gasteiger partial charge in [0.25, 0.3) is 0 Å². The van der Waals surface area contributed by atoms with E-state index in [9.17, 15) is 9.18 Å². The molecule has 0 aliphatic rings. The molecule has 4 rings (SSSR count). The van der Waals surface area contributed by atoms with Gasteiger partial charge in [-0.2, -0.15) is 0 Å². The topological polar surface area (TPSA) is 54.1 Å². The molecule has 2 N–H and O–H groups in total. The third-order valence-corrected chi connectivity index (χ3v) is 4.71. The van der Waals surface area contributed by atoms with Crippen molar-refractivity contribution in [2.24, 2.45) is 0 Å². The van der Waals surface area contributed by atoms with Crippen molar-refractivity contribution >= 4 is 22.4 Å². The van der Waals surface area contributed by atoms with Crippen molar-refractivity contribution in [2.45, 2.75) is 6.04 Å². The zero-order chi connectivity index (χ0) is 19.5. The fourth-order valence-corrected chi connectivity index (χ4v) is 3.30. The van der Waals surface area contributed by atoms with E-state index in [2.05, 4.69) is 10.3 Å². The summed E-state index contributed by atoms with van der Waals surface area (Å²) >= 11 is 0. The maximum atomic E-state index is 14.6. The number of anilines is 1. The molecule has 0 bridgehead atoms. The van der Waals surface area contributed by atoms with Crippen LogP contribution in [-0.4, -0.2) is 17.9 Å². The Morgan fingerprint density at radius 3 is 2.64 bits per heavy atom. The maximum Gasteiger partial charge on any atom is 0.191 e. The molecule has 140 valence electrons. The quantitative estimate of drug-likeness (QED) is 0.447. The van der Waals surface area contributed by atoms with Crippen molar-refractivity contribution in [3.63, 3.8) is 0 Å². The van der Waals surface area contributed by atoms with Crippen LogP contribution in [0.4, 0.5) is 10.1 Å². The predicted molar refractivity (Wildman–Crippen MR) is 108 cm³/mol. The largest absolute Gasteiger partial charge is 0.497 e. The van der Waals surface area contributed by atoms with Gasteiger partial charge in [0.05, 0.1) is 7.11 Å². The molecule has 1 atom stereocenters. The SMILES string of the molecule is COc1cccc(NC(C(=O)c2c[nH]c3ccccc23)c2ccccc2F)c1. The molecular formula is C23H19FN2O2. The van der Waals surface area contributed by atoms with Gasteiger partial charge in [-0.15, -0.1) is 0 Å². The number of nitrogens with one attached hydrogen (secondary N) is 2. The molecular weight excluding hydrogens is 355 g/mol. The Labute approximate surface area is 162 Å². The lowest BCUT2D eigenvalue weighted by atomic mass is 9.96. The number of carbonyl (C=O) groups excluding carboxylic acids is 1. The van der Waals surface area contributed by atoms with Crippen LogP contribution in [-0.2, 0) is 0 Å². The molecule has 28 heavy (non-hydrogen) atoms. The molecule has 4 nitrogen and oxygen atoms in total. The fourth-order valence-electron chi connectivity index (χ4n) is 3.30. The molecule has 3 aromatic carbocycles. The Balaban J connectivity index is 1.78. The number of hydrogen-bond donors (Lipinski definition) is 2. The summed E-state index contributed by atoms with van der Waals surface area (Å²) in [7, 11) is 1.57. The van der Waals surface area contributed by atoms with Crippen molar-refractivity contribution in [3.05, 3.63) is 95.9 Å². The number of carbonyl (C=O) groups is 1. The standard InChI is InChI=1S/C23H19FN2O2/c1-28-16-8-6-7-15(13-16)26-22(18-10-2-4-11-20(18)24)23(27)19-14-25-21-12-5-3-9-17(19)21/h2-14,22,25-26H,1H3. The van der Waals surface area contributed by atoms with Crippen molar-refractivity contribution in [3.8, 4) is 5.75 Å². The van der Waals surface area contributed by atoms with Crippen LogP contribution in [0.3, 0.4) is 0 Å². The number of methoxy groups -OCH3 is 1. The minimum atomic E-state index is -0.882. The second kappa shape index (κ2) is 7.56. The van der Waals surface area contributed by atoms with Gasteiger partial charge >= 0.3 is 0 Å². The molecule has 5 heteroatoms. The number of rotatable bonds is 6. The molecule has 0 fully saturated rings. The highest BCUT2D eigenvalue weighted by Crippen LogP contribution is 2.30. The van der Waals surface area contributed by atoms with Crippen LogP contribution in [0.25, 0.3) is 10.9 Å². The van der Waals surface area contributed by atoms with E-state index in [1.54, 1.807) is 37.6 Å². The number of aromatic amines is 1. The number of halogens is 1. The second-order valence-corrected chi connectivity index (χ2v) is 6.44. The third kappa shape index (κ3) is 3.34. The minimum absolute atomic E-state index is 0.217. The average Bonchev–Trinajstić information content (AvgIpc) is 3.16. The Morgan fingerprint density at radius 1 is 1.04 bits per heavy atom. The number of hydrogen-bond acceptors (Lipinski definition) is 3. The average molecular weight is 374 g/mol. The van der Waals surface area contributed by atoms with Crippen molar-refractivity contribution in [2.75, 3.05) is 12.4 Å².